The summed E-state index contributed by atoms with van der Waals surface area (Å²) in [4.78, 5) is 0. The Morgan fingerprint density at radius 1 is 1.27 bits per heavy atom. The zero-order valence-corrected chi connectivity index (χ0v) is 9.95. The molecule has 1 aromatic rings. The minimum Gasteiger partial charge on any atom is -0.208 e. The summed E-state index contributed by atoms with van der Waals surface area (Å²) in [6.45, 7) is 2.39. The van der Waals surface area contributed by atoms with Crippen molar-refractivity contribution in [3.63, 3.8) is 0 Å². The molecule has 1 fully saturated rings. The number of hydrogen-bond donors (Lipinski definition) is 0. The Morgan fingerprint density at radius 3 is 2.67 bits per heavy atom. The van der Waals surface area contributed by atoms with E-state index in [0.29, 0.717) is 0 Å². The van der Waals surface area contributed by atoms with E-state index in [2.05, 4.69) is 43.1 Å². The van der Waals surface area contributed by atoms with Crippen molar-refractivity contribution >= 4 is 0 Å². The molecular formula is C14H22N+. The molecule has 1 aromatic heterocycles. The average Bonchev–Trinajstić information content (AvgIpc) is 2.29. The lowest BCUT2D eigenvalue weighted by molar-refractivity contribution is -0.672. The largest absolute Gasteiger partial charge is 0.208 e. The van der Waals surface area contributed by atoms with E-state index in [1.165, 1.54) is 37.7 Å². The molecule has 1 nitrogen and oxygen atoms in total. The van der Waals surface area contributed by atoms with Crippen molar-refractivity contribution in [1.82, 2.24) is 0 Å². The number of aryl methyl sites for hydroxylation is 1. The summed E-state index contributed by atoms with van der Waals surface area (Å²) in [5.74, 6) is 1.65. The molecule has 1 heteroatoms. The van der Waals surface area contributed by atoms with Gasteiger partial charge in [0.15, 0.2) is 12.4 Å². The van der Waals surface area contributed by atoms with Crippen LogP contribution in [0.5, 0.6) is 0 Å². The Morgan fingerprint density at radius 2 is 2.00 bits per heavy atom. The molecule has 1 unspecified atom stereocenters. The Labute approximate surface area is 93.1 Å². The van der Waals surface area contributed by atoms with E-state index in [1.807, 2.05) is 0 Å². The first-order valence-corrected chi connectivity index (χ1v) is 6.22. The van der Waals surface area contributed by atoms with Crippen LogP contribution in [0, 0.1) is 5.92 Å². The van der Waals surface area contributed by atoms with Gasteiger partial charge >= 0.3 is 0 Å². The molecule has 0 saturated heterocycles. The molecule has 1 saturated carbocycles. The van der Waals surface area contributed by atoms with Gasteiger partial charge < -0.3 is 0 Å². The normalized spacial score (nSPS) is 20.1. The molecule has 1 atom stereocenters. The fraction of sp³-hybridized carbons (Fsp3) is 0.643. The van der Waals surface area contributed by atoms with Crippen molar-refractivity contribution in [3.8, 4) is 0 Å². The van der Waals surface area contributed by atoms with E-state index in [0.717, 1.165) is 11.8 Å². The van der Waals surface area contributed by atoms with Crippen LogP contribution < -0.4 is 4.57 Å². The number of rotatable bonds is 2. The molecule has 0 aromatic carbocycles. The SMILES string of the molecule is CC(c1ccc[n+](C)c1)C1CCCCC1. The second kappa shape index (κ2) is 4.78. The van der Waals surface area contributed by atoms with Crippen LogP contribution in [0.25, 0.3) is 0 Å². The summed E-state index contributed by atoms with van der Waals surface area (Å²) in [7, 11) is 2.11. The summed E-state index contributed by atoms with van der Waals surface area (Å²) in [6.07, 6.45) is 11.6. The van der Waals surface area contributed by atoms with Crippen molar-refractivity contribution in [1.29, 1.82) is 0 Å². The minimum absolute atomic E-state index is 0.734. The van der Waals surface area contributed by atoms with E-state index in [-0.39, 0.29) is 0 Å². The summed E-state index contributed by atoms with van der Waals surface area (Å²) in [5.41, 5.74) is 1.51. The lowest BCUT2D eigenvalue weighted by Crippen LogP contribution is -2.28. The lowest BCUT2D eigenvalue weighted by atomic mass is 9.78. The van der Waals surface area contributed by atoms with E-state index < -0.39 is 0 Å². The maximum absolute atomic E-state index is 2.39. The highest BCUT2D eigenvalue weighted by Crippen LogP contribution is 2.35. The highest BCUT2D eigenvalue weighted by molar-refractivity contribution is 5.12. The molecule has 1 heterocycles. The van der Waals surface area contributed by atoms with E-state index >= 15 is 0 Å². The maximum Gasteiger partial charge on any atom is 0.171 e. The van der Waals surface area contributed by atoms with Crippen molar-refractivity contribution < 1.29 is 4.57 Å². The fourth-order valence-electron chi connectivity index (χ4n) is 2.79. The van der Waals surface area contributed by atoms with Gasteiger partial charge in [-0.1, -0.05) is 26.2 Å². The summed E-state index contributed by atoms with van der Waals surface area (Å²) < 4.78 is 2.16. The van der Waals surface area contributed by atoms with Crippen LogP contribution in [0.3, 0.4) is 0 Å². The van der Waals surface area contributed by atoms with Crippen molar-refractivity contribution in [3.05, 3.63) is 30.1 Å². The number of aromatic nitrogens is 1. The molecule has 0 radical (unpaired) electrons. The quantitative estimate of drug-likeness (QED) is 0.651. The maximum atomic E-state index is 2.39. The topological polar surface area (TPSA) is 3.88 Å². The van der Waals surface area contributed by atoms with Gasteiger partial charge in [0.2, 0.25) is 0 Å². The van der Waals surface area contributed by atoms with Gasteiger partial charge in [-0.15, -0.1) is 0 Å². The molecular weight excluding hydrogens is 182 g/mol. The first kappa shape index (κ1) is 10.7. The van der Waals surface area contributed by atoms with Crippen molar-refractivity contribution in [2.75, 3.05) is 0 Å². The van der Waals surface area contributed by atoms with Gasteiger partial charge in [0.1, 0.15) is 7.05 Å². The van der Waals surface area contributed by atoms with Crippen LogP contribution in [0.1, 0.15) is 50.5 Å². The molecule has 0 N–H and O–H groups in total. The predicted octanol–water partition coefficient (Wildman–Crippen LogP) is 3.19. The second-order valence-corrected chi connectivity index (χ2v) is 4.99. The Kier molecular flexibility index (Phi) is 3.40. The third kappa shape index (κ3) is 2.58. The Hall–Kier alpha value is -0.850. The summed E-state index contributed by atoms with van der Waals surface area (Å²) in [5, 5.41) is 0. The van der Waals surface area contributed by atoms with Crippen molar-refractivity contribution in [2.24, 2.45) is 13.0 Å². The van der Waals surface area contributed by atoms with E-state index in [4.69, 9.17) is 0 Å². The second-order valence-electron chi connectivity index (χ2n) is 4.99. The smallest absolute Gasteiger partial charge is 0.171 e. The van der Waals surface area contributed by atoms with Gasteiger partial charge in [0, 0.05) is 11.6 Å². The highest BCUT2D eigenvalue weighted by Gasteiger charge is 2.22. The first-order chi connectivity index (χ1) is 7.27. The number of hydrogen-bond acceptors (Lipinski definition) is 0. The lowest BCUT2D eigenvalue weighted by Gasteiger charge is -2.27. The molecule has 0 spiro atoms. The molecule has 0 bridgehead atoms. The third-order valence-corrected chi connectivity index (χ3v) is 3.85. The fourth-order valence-corrected chi connectivity index (χ4v) is 2.79. The van der Waals surface area contributed by atoms with Gasteiger partial charge in [-0.25, -0.2) is 4.57 Å². The molecule has 0 amide bonds. The van der Waals surface area contributed by atoms with Gasteiger partial charge in [-0.3, -0.25) is 0 Å². The van der Waals surface area contributed by atoms with Crippen LogP contribution in [0.2, 0.25) is 0 Å². The monoisotopic (exact) mass is 204 g/mol. The Bertz CT molecular complexity index is 313. The summed E-state index contributed by atoms with van der Waals surface area (Å²) >= 11 is 0. The van der Waals surface area contributed by atoms with Crippen LogP contribution in [0.4, 0.5) is 0 Å². The van der Waals surface area contributed by atoms with Gasteiger partial charge in [0.25, 0.3) is 0 Å². The van der Waals surface area contributed by atoms with E-state index in [1.54, 1.807) is 0 Å². The third-order valence-electron chi connectivity index (χ3n) is 3.85. The number of nitrogens with zero attached hydrogens (tertiary/aromatic N) is 1. The summed E-state index contributed by atoms with van der Waals surface area (Å²) in [6, 6.07) is 4.44. The molecule has 1 aliphatic rings. The van der Waals surface area contributed by atoms with E-state index in [9.17, 15) is 0 Å². The molecule has 82 valence electrons. The van der Waals surface area contributed by atoms with Crippen LogP contribution in [0.15, 0.2) is 24.5 Å². The molecule has 15 heavy (non-hydrogen) atoms. The zero-order valence-electron chi connectivity index (χ0n) is 9.95. The minimum atomic E-state index is 0.734. The predicted molar refractivity (Wildman–Crippen MR) is 62.6 cm³/mol. The standard InChI is InChI=1S/C14H22N/c1-12(13-7-4-3-5-8-13)14-9-6-10-15(2)11-14/h6,9-13H,3-5,7-8H2,1-2H3/q+1. The zero-order chi connectivity index (χ0) is 10.7. The van der Waals surface area contributed by atoms with Crippen LogP contribution in [-0.4, -0.2) is 0 Å². The van der Waals surface area contributed by atoms with Crippen LogP contribution in [-0.2, 0) is 7.05 Å². The Balaban J connectivity index is 2.08. The van der Waals surface area contributed by atoms with Crippen molar-refractivity contribution in [2.45, 2.75) is 44.9 Å². The molecule has 0 aliphatic heterocycles. The average molecular weight is 204 g/mol. The highest BCUT2D eigenvalue weighted by atomic mass is 14.9. The van der Waals surface area contributed by atoms with Gasteiger partial charge in [0.05, 0.1) is 0 Å². The molecule has 1 aliphatic carbocycles. The van der Waals surface area contributed by atoms with Gasteiger partial charge in [-0.05, 0) is 30.7 Å². The molecule has 2 rings (SSSR count). The van der Waals surface area contributed by atoms with Crippen LogP contribution >= 0.6 is 0 Å². The first-order valence-electron chi connectivity index (χ1n) is 6.22. The van der Waals surface area contributed by atoms with Gasteiger partial charge in [-0.2, -0.15) is 0 Å². The number of pyridine rings is 1.